The van der Waals surface area contributed by atoms with Crippen molar-refractivity contribution < 1.29 is 19.4 Å². The topological polar surface area (TPSA) is 55.8 Å². The lowest BCUT2D eigenvalue weighted by Crippen LogP contribution is -2.10. The Morgan fingerprint density at radius 3 is 2.56 bits per heavy atom. The molecule has 0 saturated heterocycles. The number of phenolic OH excluding ortho intramolecular Hbond substituents is 1. The summed E-state index contributed by atoms with van der Waals surface area (Å²) in [4.78, 5) is 11.4. The van der Waals surface area contributed by atoms with Crippen molar-refractivity contribution >= 4 is 5.97 Å². The lowest BCUT2D eigenvalue weighted by Gasteiger charge is -2.12. The van der Waals surface area contributed by atoms with Crippen molar-refractivity contribution in [3.8, 4) is 17.2 Å². The van der Waals surface area contributed by atoms with Crippen LogP contribution in [0.2, 0.25) is 0 Å². The number of methoxy groups -OCH3 is 1. The highest BCUT2D eigenvalue weighted by Crippen LogP contribution is 2.35. The Morgan fingerprint density at radius 2 is 2.06 bits per heavy atom. The van der Waals surface area contributed by atoms with Gasteiger partial charge in [0.05, 0.1) is 7.11 Å². The number of phenols is 1. The zero-order chi connectivity index (χ0) is 12.3. The molecule has 0 aliphatic heterocycles. The summed E-state index contributed by atoms with van der Waals surface area (Å²) >= 11 is 0. The predicted octanol–water partition coefficient (Wildman–Crippen LogP) is 2.19. The summed E-state index contributed by atoms with van der Waals surface area (Å²) in [5.74, 6) is 0.150. The highest BCUT2D eigenvalue weighted by atomic mass is 16.6. The average Bonchev–Trinajstić information content (AvgIpc) is 2.21. The molecule has 0 bridgehead atoms. The van der Waals surface area contributed by atoms with Gasteiger partial charge in [0.25, 0.3) is 0 Å². The Hall–Kier alpha value is -1.97. The van der Waals surface area contributed by atoms with E-state index < -0.39 is 5.97 Å². The van der Waals surface area contributed by atoms with Crippen LogP contribution in [0.4, 0.5) is 0 Å². The zero-order valence-corrected chi connectivity index (χ0v) is 9.53. The van der Waals surface area contributed by atoms with Crippen LogP contribution in [0.15, 0.2) is 24.3 Å². The van der Waals surface area contributed by atoms with Gasteiger partial charge < -0.3 is 14.6 Å². The maximum absolute atomic E-state index is 11.4. The molecule has 0 unspecified atom stereocenters. The molecule has 0 aromatic heterocycles. The van der Waals surface area contributed by atoms with Crippen molar-refractivity contribution in [2.45, 2.75) is 13.8 Å². The van der Waals surface area contributed by atoms with Crippen LogP contribution in [0.1, 0.15) is 12.5 Å². The Morgan fingerprint density at radius 1 is 1.44 bits per heavy atom. The fourth-order valence-electron chi connectivity index (χ4n) is 1.19. The van der Waals surface area contributed by atoms with Crippen LogP contribution in [0.25, 0.3) is 0 Å². The Kier molecular flexibility index (Phi) is 3.55. The van der Waals surface area contributed by atoms with E-state index in [2.05, 4.69) is 6.58 Å². The monoisotopic (exact) mass is 222 g/mol. The van der Waals surface area contributed by atoms with Gasteiger partial charge in [-0.05, 0) is 25.5 Å². The van der Waals surface area contributed by atoms with E-state index in [0.29, 0.717) is 22.6 Å². The SMILES string of the molecule is C=C(C)C(=O)Oc1c(C)cc(O)cc1OC. The number of ether oxygens (including phenoxy) is 2. The van der Waals surface area contributed by atoms with E-state index in [9.17, 15) is 9.90 Å². The molecular weight excluding hydrogens is 208 g/mol. The van der Waals surface area contributed by atoms with Crippen molar-refractivity contribution in [3.63, 3.8) is 0 Å². The minimum Gasteiger partial charge on any atom is -0.508 e. The molecule has 4 heteroatoms. The molecule has 0 aliphatic carbocycles. The number of carbonyl (C=O) groups is 1. The van der Waals surface area contributed by atoms with E-state index in [4.69, 9.17) is 9.47 Å². The molecule has 0 spiro atoms. The number of esters is 1. The highest BCUT2D eigenvalue weighted by molar-refractivity contribution is 5.89. The van der Waals surface area contributed by atoms with Crippen molar-refractivity contribution in [1.82, 2.24) is 0 Å². The van der Waals surface area contributed by atoms with Gasteiger partial charge in [-0.25, -0.2) is 4.79 Å². The molecule has 0 fully saturated rings. The number of carbonyl (C=O) groups excluding carboxylic acids is 1. The molecule has 1 aromatic rings. The number of rotatable bonds is 3. The van der Waals surface area contributed by atoms with Crippen LogP contribution >= 0.6 is 0 Å². The first-order chi connectivity index (χ1) is 7.45. The maximum Gasteiger partial charge on any atom is 0.338 e. The van der Waals surface area contributed by atoms with Crippen LogP contribution in [0, 0.1) is 6.92 Å². The number of hydrogen-bond acceptors (Lipinski definition) is 4. The van der Waals surface area contributed by atoms with E-state index in [0.717, 1.165) is 0 Å². The minimum absolute atomic E-state index is 0.0597. The van der Waals surface area contributed by atoms with Crippen molar-refractivity contribution in [3.05, 3.63) is 29.8 Å². The average molecular weight is 222 g/mol. The molecule has 0 atom stereocenters. The molecule has 0 heterocycles. The van der Waals surface area contributed by atoms with Crippen LogP contribution in [0.3, 0.4) is 0 Å². The first-order valence-electron chi connectivity index (χ1n) is 4.71. The maximum atomic E-state index is 11.4. The quantitative estimate of drug-likeness (QED) is 0.484. The van der Waals surface area contributed by atoms with Gasteiger partial charge >= 0.3 is 5.97 Å². The lowest BCUT2D eigenvalue weighted by atomic mass is 10.2. The fraction of sp³-hybridized carbons (Fsp3) is 0.250. The van der Waals surface area contributed by atoms with Crippen LogP contribution in [-0.4, -0.2) is 18.2 Å². The van der Waals surface area contributed by atoms with Gasteiger partial charge in [0, 0.05) is 11.6 Å². The normalized spacial score (nSPS) is 9.69. The standard InChI is InChI=1S/C12H14O4/c1-7(2)12(14)16-11-8(3)5-9(13)6-10(11)15-4/h5-6,13H,1H2,2-4H3. The summed E-state index contributed by atoms with van der Waals surface area (Å²) in [6, 6.07) is 2.87. The Balaban J connectivity index is 3.12. The van der Waals surface area contributed by atoms with Gasteiger partial charge in [-0.3, -0.25) is 0 Å². The second-order valence-corrected chi connectivity index (χ2v) is 3.46. The third-order valence-corrected chi connectivity index (χ3v) is 1.99. The summed E-state index contributed by atoms with van der Waals surface area (Å²) in [5, 5.41) is 9.35. The first-order valence-corrected chi connectivity index (χ1v) is 4.71. The third kappa shape index (κ3) is 2.53. The molecule has 4 nitrogen and oxygen atoms in total. The molecule has 0 amide bonds. The van der Waals surface area contributed by atoms with E-state index in [1.54, 1.807) is 13.8 Å². The molecule has 86 valence electrons. The van der Waals surface area contributed by atoms with Crippen LogP contribution in [-0.2, 0) is 4.79 Å². The summed E-state index contributed by atoms with van der Waals surface area (Å²) in [7, 11) is 1.44. The Bertz CT molecular complexity index is 435. The van der Waals surface area contributed by atoms with Gasteiger partial charge in [-0.15, -0.1) is 0 Å². The second kappa shape index (κ2) is 4.70. The molecule has 16 heavy (non-hydrogen) atoms. The van der Waals surface area contributed by atoms with Gasteiger partial charge in [0.15, 0.2) is 11.5 Å². The number of aryl methyl sites for hydroxylation is 1. The summed E-state index contributed by atoms with van der Waals surface area (Å²) < 4.78 is 10.1. The molecular formula is C12H14O4. The van der Waals surface area contributed by atoms with Crippen molar-refractivity contribution in [2.24, 2.45) is 0 Å². The Labute approximate surface area is 94.1 Å². The van der Waals surface area contributed by atoms with Gasteiger partial charge in [0.1, 0.15) is 5.75 Å². The molecule has 0 radical (unpaired) electrons. The first kappa shape index (κ1) is 12.1. The predicted molar refractivity (Wildman–Crippen MR) is 59.8 cm³/mol. The summed E-state index contributed by atoms with van der Waals surface area (Å²) in [5.41, 5.74) is 0.918. The van der Waals surface area contributed by atoms with E-state index in [1.807, 2.05) is 0 Å². The van der Waals surface area contributed by atoms with Gasteiger partial charge in [-0.2, -0.15) is 0 Å². The summed E-state index contributed by atoms with van der Waals surface area (Å²) in [6.07, 6.45) is 0. The number of hydrogen-bond donors (Lipinski definition) is 1. The molecule has 0 saturated carbocycles. The van der Waals surface area contributed by atoms with Crippen molar-refractivity contribution in [2.75, 3.05) is 7.11 Å². The van der Waals surface area contributed by atoms with Crippen molar-refractivity contribution in [1.29, 1.82) is 0 Å². The highest BCUT2D eigenvalue weighted by Gasteiger charge is 2.14. The van der Waals surface area contributed by atoms with E-state index >= 15 is 0 Å². The molecule has 0 aliphatic rings. The van der Waals surface area contributed by atoms with Gasteiger partial charge in [0.2, 0.25) is 0 Å². The van der Waals surface area contributed by atoms with Crippen LogP contribution in [0.5, 0.6) is 17.2 Å². The second-order valence-electron chi connectivity index (χ2n) is 3.46. The number of benzene rings is 1. The van der Waals surface area contributed by atoms with E-state index in [1.165, 1.54) is 19.2 Å². The third-order valence-electron chi connectivity index (χ3n) is 1.99. The minimum atomic E-state index is -0.521. The fourth-order valence-corrected chi connectivity index (χ4v) is 1.19. The lowest BCUT2D eigenvalue weighted by molar-refractivity contribution is -0.130. The molecule has 1 N–H and O–H groups in total. The number of aromatic hydroxyl groups is 1. The largest absolute Gasteiger partial charge is 0.508 e. The smallest absolute Gasteiger partial charge is 0.338 e. The molecule has 1 aromatic carbocycles. The van der Waals surface area contributed by atoms with Crippen LogP contribution < -0.4 is 9.47 Å². The van der Waals surface area contributed by atoms with E-state index in [-0.39, 0.29) is 5.75 Å². The van der Waals surface area contributed by atoms with Gasteiger partial charge in [-0.1, -0.05) is 6.58 Å². The zero-order valence-electron chi connectivity index (χ0n) is 9.53. The summed E-state index contributed by atoms with van der Waals surface area (Å²) in [6.45, 7) is 6.76. The molecule has 1 rings (SSSR count).